The lowest BCUT2D eigenvalue weighted by atomic mass is 9.94. The van der Waals surface area contributed by atoms with Crippen LogP contribution in [-0.2, 0) is 9.84 Å². The molecule has 0 aromatic heterocycles. The number of hydrogen-bond donors (Lipinski definition) is 1. The maximum Gasteiger partial charge on any atom is 0.160 e. The molecule has 0 heterocycles. The molecule has 1 aromatic carbocycles. The molecule has 1 aromatic rings. The van der Waals surface area contributed by atoms with Crippen LogP contribution in [0.2, 0.25) is 5.02 Å². The monoisotopic (exact) mass is 339 g/mol. The van der Waals surface area contributed by atoms with Crippen LogP contribution in [0.5, 0.6) is 0 Å². The Balaban J connectivity index is 3.43. The molecule has 0 saturated carbocycles. The van der Waals surface area contributed by atoms with Crippen LogP contribution in [0.1, 0.15) is 38.8 Å². The fourth-order valence-electron chi connectivity index (χ4n) is 1.99. The Labute approximate surface area is 129 Å². The lowest BCUT2D eigenvalue weighted by molar-refractivity contribution is 0.416. The van der Waals surface area contributed by atoms with Crippen molar-refractivity contribution in [3.63, 3.8) is 0 Å². The summed E-state index contributed by atoms with van der Waals surface area (Å²) in [5.74, 6) is -2.11. The lowest BCUT2D eigenvalue weighted by Gasteiger charge is -2.34. The van der Waals surface area contributed by atoms with Gasteiger partial charge in [0, 0.05) is 11.3 Å². The molecular weight excluding hydrogens is 320 g/mol. The van der Waals surface area contributed by atoms with Crippen LogP contribution in [0.25, 0.3) is 0 Å². The molecule has 0 fully saturated rings. The molecular formula is C14H20ClF2NO2S. The van der Waals surface area contributed by atoms with Gasteiger partial charge in [-0.15, -0.1) is 0 Å². The highest BCUT2D eigenvalue weighted by Crippen LogP contribution is 2.36. The van der Waals surface area contributed by atoms with Crippen LogP contribution in [-0.4, -0.2) is 26.0 Å². The molecule has 0 aliphatic heterocycles. The van der Waals surface area contributed by atoms with Crippen LogP contribution in [0.3, 0.4) is 0 Å². The molecule has 0 amide bonds. The van der Waals surface area contributed by atoms with Gasteiger partial charge in [0.25, 0.3) is 0 Å². The normalized spacial score (nSPS) is 14.2. The van der Waals surface area contributed by atoms with Crippen molar-refractivity contribution in [3.05, 3.63) is 34.4 Å². The largest absolute Gasteiger partial charge is 0.309 e. The van der Waals surface area contributed by atoms with Crippen molar-refractivity contribution in [1.82, 2.24) is 5.32 Å². The van der Waals surface area contributed by atoms with Crippen molar-refractivity contribution in [2.75, 3.05) is 12.8 Å². The van der Waals surface area contributed by atoms with E-state index < -0.39 is 32.3 Å². The first-order valence-electron chi connectivity index (χ1n) is 6.59. The molecule has 0 saturated heterocycles. The molecule has 0 radical (unpaired) electrons. The Morgan fingerprint density at radius 3 is 2.29 bits per heavy atom. The van der Waals surface area contributed by atoms with E-state index in [4.69, 9.17) is 11.6 Å². The third-order valence-corrected chi connectivity index (χ3v) is 6.07. The Bertz CT molecular complexity index is 618. The van der Waals surface area contributed by atoms with Crippen molar-refractivity contribution in [2.45, 2.75) is 38.0 Å². The average Bonchev–Trinajstić information content (AvgIpc) is 2.34. The van der Waals surface area contributed by atoms with E-state index in [0.29, 0.717) is 6.54 Å². The predicted octanol–water partition coefficient (Wildman–Crippen LogP) is 3.48. The minimum atomic E-state index is -3.46. The van der Waals surface area contributed by atoms with Gasteiger partial charge in [-0.1, -0.05) is 18.5 Å². The number of halogens is 3. The summed E-state index contributed by atoms with van der Waals surface area (Å²) in [5.41, 5.74) is 0.236. The van der Waals surface area contributed by atoms with Crippen LogP contribution in [0.15, 0.2) is 12.1 Å². The predicted molar refractivity (Wildman–Crippen MR) is 81.3 cm³/mol. The van der Waals surface area contributed by atoms with Crippen LogP contribution >= 0.6 is 11.6 Å². The maximum absolute atomic E-state index is 13.5. The molecule has 1 rings (SSSR count). The number of rotatable bonds is 6. The first-order valence-corrected chi connectivity index (χ1v) is 8.86. The van der Waals surface area contributed by atoms with E-state index in [9.17, 15) is 17.2 Å². The number of nitrogens with one attached hydrogen (secondary N) is 1. The zero-order valence-electron chi connectivity index (χ0n) is 12.5. The second-order valence-electron chi connectivity index (χ2n) is 5.55. The second-order valence-corrected chi connectivity index (χ2v) is 8.55. The zero-order valence-corrected chi connectivity index (χ0v) is 14.1. The number of benzene rings is 1. The topological polar surface area (TPSA) is 46.2 Å². The summed E-state index contributed by atoms with van der Waals surface area (Å²) in [6.45, 7) is 5.52. The highest BCUT2D eigenvalue weighted by Gasteiger charge is 2.40. The van der Waals surface area contributed by atoms with Crippen molar-refractivity contribution >= 4 is 21.4 Å². The summed E-state index contributed by atoms with van der Waals surface area (Å²) in [5, 5.41) is 3.07. The lowest BCUT2D eigenvalue weighted by Crippen LogP contribution is -2.45. The first kappa shape index (κ1) is 18.3. The molecule has 120 valence electrons. The zero-order chi connectivity index (χ0) is 16.4. The highest BCUT2D eigenvalue weighted by atomic mass is 35.5. The molecule has 3 nitrogen and oxygen atoms in total. The fraction of sp³-hybridized carbons (Fsp3) is 0.571. The molecule has 0 aliphatic carbocycles. The van der Waals surface area contributed by atoms with E-state index >= 15 is 0 Å². The van der Waals surface area contributed by atoms with Crippen molar-refractivity contribution in [2.24, 2.45) is 0 Å². The van der Waals surface area contributed by atoms with Crippen LogP contribution in [0, 0.1) is 11.6 Å². The van der Waals surface area contributed by atoms with E-state index in [0.717, 1.165) is 24.8 Å². The summed E-state index contributed by atoms with van der Waals surface area (Å²) in [6.07, 6.45) is 1.87. The van der Waals surface area contributed by atoms with Gasteiger partial charge in [0.2, 0.25) is 0 Å². The third-order valence-electron chi connectivity index (χ3n) is 3.60. The Morgan fingerprint density at radius 2 is 1.81 bits per heavy atom. The van der Waals surface area contributed by atoms with E-state index in [2.05, 4.69) is 5.32 Å². The van der Waals surface area contributed by atoms with Gasteiger partial charge in [0.1, 0.15) is 0 Å². The summed E-state index contributed by atoms with van der Waals surface area (Å²) >= 11 is 5.99. The maximum atomic E-state index is 13.5. The molecule has 7 heteroatoms. The number of sulfone groups is 1. The van der Waals surface area contributed by atoms with Crippen molar-refractivity contribution in [3.8, 4) is 0 Å². The van der Waals surface area contributed by atoms with E-state index in [1.54, 1.807) is 0 Å². The van der Waals surface area contributed by atoms with Gasteiger partial charge < -0.3 is 5.32 Å². The van der Waals surface area contributed by atoms with Crippen molar-refractivity contribution in [1.29, 1.82) is 0 Å². The minimum absolute atomic E-state index is 0.000715. The summed E-state index contributed by atoms with van der Waals surface area (Å²) in [4.78, 5) is 0. The smallest absolute Gasteiger partial charge is 0.160 e. The summed E-state index contributed by atoms with van der Waals surface area (Å²) in [6, 6.07) is 1.08. The van der Waals surface area contributed by atoms with Gasteiger partial charge in [-0.2, -0.15) is 0 Å². The molecule has 21 heavy (non-hydrogen) atoms. The third kappa shape index (κ3) is 3.93. The summed E-state index contributed by atoms with van der Waals surface area (Å²) < 4.78 is 49.6. The average molecular weight is 340 g/mol. The van der Waals surface area contributed by atoms with E-state index in [1.807, 2.05) is 6.92 Å². The first-order chi connectivity index (χ1) is 9.52. The number of hydrogen-bond acceptors (Lipinski definition) is 3. The fourth-order valence-corrected chi connectivity index (χ4v) is 2.89. The van der Waals surface area contributed by atoms with E-state index in [-0.39, 0.29) is 10.6 Å². The standard InChI is InChI=1S/C14H20ClF2NO2S/c1-5-6-18-13(14(2,3)21(4,19)20)9-7-11(16)12(17)8-10(9)15/h7-8,13,18H,5-6H2,1-4H3. The highest BCUT2D eigenvalue weighted by molar-refractivity contribution is 7.92. The van der Waals surface area contributed by atoms with Crippen molar-refractivity contribution < 1.29 is 17.2 Å². The summed E-state index contributed by atoms with van der Waals surface area (Å²) in [7, 11) is -3.46. The Kier molecular flexibility index (Phi) is 5.75. The van der Waals surface area contributed by atoms with Gasteiger partial charge >= 0.3 is 0 Å². The molecule has 1 atom stereocenters. The van der Waals surface area contributed by atoms with Crippen LogP contribution in [0.4, 0.5) is 8.78 Å². The quantitative estimate of drug-likeness (QED) is 0.807. The van der Waals surface area contributed by atoms with Gasteiger partial charge in [-0.3, -0.25) is 0 Å². The van der Waals surface area contributed by atoms with Gasteiger partial charge in [-0.25, -0.2) is 17.2 Å². The molecule has 1 unspecified atom stereocenters. The van der Waals surface area contributed by atoms with Gasteiger partial charge in [0.05, 0.1) is 10.8 Å². The Morgan fingerprint density at radius 1 is 1.29 bits per heavy atom. The molecule has 0 spiro atoms. The van der Waals surface area contributed by atoms with Gasteiger partial charge in [-0.05, 0) is 44.5 Å². The molecule has 0 aliphatic rings. The minimum Gasteiger partial charge on any atom is -0.309 e. The van der Waals surface area contributed by atoms with Crippen LogP contribution < -0.4 is 5.32 Å². The molecule has 0 bridgehead atoms. The Hall–Kier alpha value is -0.720. The van der Waals surface area contributed by atoms with Gasteiger partial charge in [0.15, 0.2) is 21.5 Å². The SMILES string of the molecule is CCCNC(c1cc(F)c(F)cc1Cl)C(C)(C)S(C)(=O)=O. The second kappa shape index (κ2) is 6.58. The molecule has 1 N–H and O–H groups in total. The van der Waals surface area contributed by atoms with E-state index in [1.165, 1.54) is 13.8 Å².